The summed E-state index contributed by atoms with van der Waals surface area (Å²) in [6.45, 7) is 9.17. The van der Waals surface area contributed by atoms with Gasteiger partial charge in [-0.05, 0) is 18.4 Å². The number of hydrogen-bond acceptors (Lipinski definition) is 5. The number of ether oxygens (including phenoxy) is 1. The molecular weight excluding hydrogens is 294 g/mol. The second kappa shape index (κ2) is 7.10. The number of rotatable bonds is 5. The summed E-state index contributed by atoms with van der Waals surface area (Å²) < 4.78 is 11.9. The van der Waals surface area contributed by atoms with Gasteiger partial charge in [-0.3, -0.25) is 14.0 Å². The van der Waals surface area contributed by atoms with E-state index in [1.807, 2.05) is 31.2 Å². The van der Waals surface area contributed by atoms with E-state index in [1.165, 1.54) is 0 Å². The van der Waals surface area contributed by atoms with Crippen LogP contribution >= 0.6 is 0 Å². The maximum Gasteiger partial charge on any atom is 0.441 e. The fourth-order valence-electron chi connectivity index (χ4n) is 3.04. The first-order chi connectivity index (χ1) is 11.1. The Morgan fingerprint density at radius 3 is 2.70 bits per heavy atom. The van der Waals surface area contributed by atoms with Crippen LogP contribution < -0.4 is 5.76 Å². The number of nitrogens with zero attached hydrogens (tertiary/aromatic N) is 3. The average Bonchev–Trinajstić information content (AvgIpc) is 2.90. The maximum atomic E-state index is 12.1. The Hall–Kier alpha value is -1.92. The van der Waals surface area contributed by atoms with E-state index >= 15 is 0 Å². The largest absolute Gasteiger partial charge is 0.441 e. The first-order valence-corrected chi connectivity index (χ1v) is 8.08. The summed E-state index contributed by atoms with van der Waals surface area (Å²) in [5.74, 6) is 0.548. The first-order valence-electron chi connectivity index (χ1n) is 8.08. The van der Waals surface area contributed by atoms with Crippen LogP contribution in [0.15, 0.2) is 33.6 Å². The van der Waals surface area contributed by atoms with Crippen molar-refractivity contribution in [2.75, 3.05) is 32.8 Å². The molecule has 3 rings (SSSR count). The molecule has 6 nitrogen and oxygen atoms in total. The standard InChI is InChI=1S/C17H23N3O3/c1-13(11-19-7-9-22-10-8-19)12-20-16(18-23-17(20)21)15-6-4-3-5-14(15)2/h3-6,13H,7-12H2,1-2H3. The smallest absolute Gasteiger partial charge is 0.379 e. The lowest BCUT2D eigenvalue weighted by Gasteiger charge is -2.29. The molecule has 1 fully saturated rings. The van der Waals surface area contributed by atoms with Gasteiger partial charge in [0.15, 0.2) is 5.82 Å². The Labute approximate surface area is 135 Å². The molecule has 1 unspecified atom stereocenters. The molecule has 1 atom stereocenters. The molecule has 0 bridgehead atoms. The topological polar surface area (TPSA) is 60.5 Å². The van der Waals surface area contributed by atoms with Crippen LogP contribution in [0.25, 0.3) is 11.4 Å². The molecule has 0 radical (unpaired) electrons. The van der Waals surface area contributed by atoms with Gasteiger partial charge in [-0.2, -0.15) is 0 Å². The molecule has 1 aliphatic heterocycles. The van der Waals surface area contributed by atoms with Crippen molar-refractivity contribution in [2.45, 2.75) is 20.4 Å². The van der Waals surface area contributed by atoms with Gasteiger partial charge in [0.2, 0.25) is 0 Å². The minimum atomic E-state index is -0.392. The fourth-order valence-corrected chi connectivity index (χ4v) is 3.04. The molecular formula is C17H23N3O3. The Morgan fingerprint density at radius 2 is 1.96 bits per heavy atom. The van der Waals surface area contributed by atoms with Crippen molar-refractivity contribution >= 4 is 0 Å². The van der Waals surface area contributed by atoms with E-state index in [0.717, 1.165) is 44.0 Å². The van der Waals surface area contributed by atoms with Gasteiger partial charge >= 0.3 is 5.76 Å². The van der Waals surface area contributed by atoms with Crippen LogP contribution in [-0.2, 0) is 11.3 Å². The summed E-state index contributed by atoms with van der Waals surface area (Å²) in [7, 11) is 0. The van der Waals surface area contributed by atoms with Crippen molar-refractivity contribution in [3.8, 4) is 11.4 Å². The predicted octanol–water partition coefficient (Wildman–Crippen LogP) is 1.78. The van der Waals surface area contributed by atoms with E-state index in [9.17, 15) is 4.79 Å². The van der Waals surface area contributed by atoms with E-state index in [0.29, 0.717) is 18.3 Å². The molecule has 1 aliphatic rings. The molecule has 0 saturated carbocycles. The number of morpholine rings is 1. The Kier molecular flexibility index (Phi) is 4.93. The van der Waals surface area contributed by atoms with Gasteiger partial charge in [-0.1, -0.05) is 36.3 Å². The van der Waals surface area contributed by atoms with Crippen molar-refractivity contribution in [1.82, 2.24) is 14.6 Å². The summed E-state index contributed by atoms with van der Waals surface area (Å²) >= 11 is 0. The van der Waals surface area contributed by atoms with Crippen LogP contribution in [-0.4, -0.2) is 47.5 Å². The van der Waals surface area contributed by atoms with Gasteiger partial charge < -0.3 is 4.74 Å². The lowest BCUT2D eigenvalue weighted by atomic mass is 10.1. The second-order valence-electron chi connectivity index (χ2n) is 6.22. The quantitative estimate of drug-likeness (QED) is 0.841. The molecule has 23 heavy (non-hydrogen) atoms. The van der Waals surface area contributed by atoms with Gasteiger partial charge in [-0.25, -0.2) is 4.79 Å². The summed E-state index contributed by atoms with van der Waals surface area (Å²) in [4.78, 5) is 14.4. The molecule has 0 amide bonds. The summed E-state index contributed by atoms with van der Waals surface area (Å²) in [6.07, 6.45) is 0. The van der Waals surface area contributed by atoms with Crippen LogP contribution in [0, 0.1) is 12.8 Å². The molecule has 1 saturated heterocycles. The van der Waals surface area contributed by atoms with Crippen LogP contribution in [0.4, 0.5) is 0 Å². The lowest BCUT2D eigenvalue weighted by molar-refractivity contribution is 0.0306. The minimum Gasteiger partial charge on any atom is -0.379 e. The summed E-state index contributed by atoms with van der Waals surface area (Å²) in [6, 6.07) is 7.90. The fraction of sp³-hybridized carbons (Fsp3) is 0.529. The normalized spacial score (nSPS) is 17.3. The number of hydrogen-bond donors (Lipinski definition) is 0. The highest BCUT2D eigenvalue weighted by molar-refractivity contribution is 5.59. The molecule has 2 aromatic rings. The SMILES string of the molecule is Cc1ccccc1-c1noc(=O)n1CC(C)CN1CCOCC1. The molecule has 2 heterocycles. The highest BCUT2D eigenvalue weighted by Gasteiger charge is 2.19. The van der Waals surface area contributed by atoms with E-state index < -0.39 is 5.76 Å². The number of aryl methyl sites for hydroxylation is 1. The van der Waals surface area contributed by atoms with Gasteiger partial charge in [0.25, 0.3) is 0 Å². The third-order valence-electron chi connectivity index (χ3n) is 4.24. The van der Waals surface area contributed by atoms with Crippen molar-refractivity contribution < 1.29 is 9.26 Å². The zero-order valence-corrected chi connectivity index (χ0v) is 13.7. The summed E-state index contributed by atoms with van der Waals surface area (Å²) in [5, 5.41) is 3.99. The lowest BCUT2D eigenvalue weighted by Crippen LogP contribution is -2.40. The third-order valence-corrected chi connectivity index (χ3v) is 4.24. The predicted molar refractivity (Wildman–Crippen MR) is 87.4 cm³/mol. The molecule has 0 aliphatic carbocycles. The van der Waals surface area contributed by atoms with Crippen LogP contribution in [0.2, 0.25) is 0 Å². The van der Waals surface area contributed by atoms with Gasteiger partial charge in [0, 0.05) is 31.7 Å². The van der Waals surface area contributed by atoms with Crippen molar-refractivity contribution in [2.24, 2.45) is 5.92 Å². The average molecular weight is 317 g/mol. The minimum absolute atomic E-state index is 0.327. The Morgan fingerprint density at radius 1 is 1.22 bits per heavy atom. The highest BCUT2D eigenvalue weighted by Crippen LogP contribution is 2.21. The molecule has 0 N–H and O–H groups in total. The van der Waals surface area contributed by atoms with Crippen LogP contribution in [0.1, 0.15) is 12.5 Å². The second-order valence-corrected chi connectivity index (χ2v) is 6.22. The summed E-state index contributed by atoms with van der Waals surface area (Å²) in [5.41, 5.74) is 2.02. The zero-order valence-electron chi connectivity index (χ0n) is 13.7. The van der Waals surface area contributed by atoms with Crippen molar-refractivity contribution in [3.63, 3.8) is 0 Å². The molecule has 6 heteroatoms. The van der Waals surface area contributed by atoms with Crippen molar-refractivity contribution in [1.29, 1.82) is 0 Å². The van der Waals surface area contributed by atoms with E-state index in [-0.39, 0.29) is 0 Å². The Bertz CT molecular complexity index is 701. The van der Waals surface area contributed by atoms with E-state index in [1.54, 1.807) is 4.57 Å². The maximum absolute atomic E-state index is 12.1. The number of aromatic nitrogens is 2. The third kappa shape index (κ3) is 3.71. The van der Waals surface area contributed by atoms with E-state index in [2.05, 4.69) is 17.0 Å². The molecule has 0 spiro atoms. The number of benzene rings is 1. The monoisotopic (exact) mass is 317 g/mol. The first kappa shape index (κ1) is 16.0. The molecule has 1 aromatic carbocycles. The van der Waals surface area contributed by atoms with Crippen LogP contribution in [0.3, 0.4) is 0 Å². The van der Waals surface area contributed by atoms with Crippen LogP contribution in [0.5, 0.6) is 0 Å². The van der Waals surface area contributed by atoms with Gasteiger partial charge in [0.05, 0.1) is 13.2 Å². The van der Waals surface area contributed by atoms with E-state index in [4.69, 9.17) is 9.26 Å². The van der Waals surface area contributed by atoms with Gasteiger partial charge in [0.1, 0.15) is 0 Å². The van der Waals surface area contributed by atoms with Gasteiger partial charge in [-0.15, -0.1) is 0 Å². The Balaban J connectivity index is 1.76. The van der Waals surface area contributed by atoms with Crippen molar-refractivity contribution in [3.05, 3.63) is 40.4 Å². The zero-order chi connectivity index (χ0) is 16.2. The highest BCUT2D eigenvalue weighted by atomic mass is 16.5. The molecule has 1 aromatic heterocycles. The molecule has 124 valence electrons.